The third-order valence-corrected chi connectivity index (χ3v) is 4.78. The van der Waals surface area contributed by atoms with E-state index in [-0.39, 0.29) is 9.85 Å². The zero-order valence-electron chi connectivity index (χ0n) is 10.5. The lowest BCUT2D eigenvalue weighted by molar-refractivity contribution is 0.627. The van der Waals surface area contributed by atoms with Crippen molar-refractivity contribution in [2.24, 2.45) is 0 Å². The molecule has 1 atom stereocenters. The summed E-state index contributed by atoms with van der Waals surface area (Å²) in [6.45, 7) is 3.96. The van der Waals surface area contributed by atoms with Crippen molar-refractivity contribution in [1.29, 1.82) is 0 Å². The highest BCUT2D eigenvalue weighted by atomic mass is 79.9. The van der Waals surface area contributed by atoms with Gasteiger partial charge in [0.25, 0.3) is 0 Å². The van der Waals surface area contributed by atoms with Gasteiger partial charge in [-0.1, -0.05) is 51.3 Å². The number of benzene rings is 2. The Morgan fingerprint density at radius 3 is 2.32 bits per heavy atom. The Kier molecular flexibility index (Phi) is 4.54. The molecule has 0 saturated carbocycles. The van der Waals surface area contributed by atoms with Crippen molar-refractivity contribution in [3.8, 4) is 0 Å². The fraction of sp³-hybridized carbons (Fsp3) is 0.200. The molecule has 2 aromatic carbocycles. The molecule has 0 N–H and O–H groups in total. The molecular formula is C15H12BrCl2F. The predicted molar refractivity (Wildman–Crippen MR) is 83.1 cm³/mol. The van der Waals surface area contributed by atoms with Gasteiger partial charge in [-0.25, -0.2) is 4.39 Å². The Morgan fingerprint density at radius 1 is 1.00 bits per heavy atom. The molecule has 0 amide bonds. The summed E-state index contributed by atoms with van der Waals surface area (Å²) in [5.41, 5.74) is 4.11. The minimum atomic E-state index is -0.408. The molecule has 2 rings (SSSR count). The van der Waals surface area contributed by atoms with Crippen LogP contribution in [0.2, 0.25) is 10.0 Å². The number of hydrogen-bond acceptors (Lipinski definition) is 0. The molecule has 2 aromatic rings. The lowest BCUT2D eigenvalue weighted by Crippen LogP contribution is -1.98. The second-order valence-electron chi connectivity index (χ2n) is 4.49. The number of aryl methyl sites for hydroxylation is 2. The molecule has 4 heteroatoms. The Labute approximate surface area is 130 Å². The first-order chi connectivity index (χ1) is 8.90. The van der Waals surface area contributed by atoms with E-state index in [9.17, 15) is 4.39 Å². The van der Waals surface area contributed by atoms with Crippen molar-refractivity contribution in [1.82, 2.24) is 0 Å². The average molecular weight is 362 g/mol. The van der Waals surface area contributed by atoms with Gasteiger partial charge < -0.3 is 0 Å². The molecule has 0 spiro atoms. The minimum Gasteiger partial charge on any atom is -0.205 e. The standard InChI is InChI=1S/C15H12BrCl2F/c1-8-6-12(17)9(2)5-11(8)15(16)10-3-4-14(19)13(18)7-10/h3-7,15H,1-2H3. The highest BCUT2D eigenvalue weighted by molar-refractivity contribution is 9.09. The minimum absolute atomic E-state index is 0.0402. The normalized spacial score (nSPS) is 12.5. The maximum Gasteiger partial charge on any atom is 0.141 e. The van der Waals surface area contributed by atoms with Gasteiger partial charge in [0.1, 0.15) is 5.82 Å². The summed E-state index contributed by atoms with van der Waals surface area (Å²) >= 11 is 15.6. The molecule has 0 aliphatic heterocycles. The number of halogens is 4. The van der Waals surface area contributed by atoms with E-state index in [1.54, 1.807) is 12.1 Å². The van der Waals surface area contributed by atoms with Crippen molar-refractivity contribution in [2.45, 2.75) is 18.7 Å². The van der Waals surface area contributed by atoms with Crippen molar-refractivity contribution in [2.75, 3.05) is 0 Å². The smallest absolute Gasteiger partial charge is 0.141 e. The summed E-state index contributed by atoms with van der Waals surface area (Å²) in [6.07, 6.45) is 0. The van der Waals surface area contributed by atoms with E-state index in [1.807, 2.05) is 26.0 Å². The fourth-order valence-corrected chi connectivity index (χ4v) is 3.11. The van der Waals surface area contributed by atoms with Crippen molar-refractivity contribution < 1.29 is 4.39 Å². The lowest BCUT2D eigenvalue weighted by atomic mass is 9.98. The summed E-state index contributed by atoms with van der Waals surface area (Å²) < 4.78 is 13.2. The summed E-state index contributed by atoms with van der Waals surface area (Å²) in [6, 6.07) is 8.72. The average Bonchev–Trinajstić information content (AvgIpc) is 2.36. The summed E-state index contributed by atoms with van der Waals surface area (Å²) in [5.74, 6) is -0.408. The topological polar surface area (TPSA) is 0 Å². The van der Waals surface area contributed by atoms with Crippen LogP contribution in [0.15, 0.2) is 30.3 Å². The first-order valence-electron chi connectivity index (χ1n) is 5.76. The van der Waals surface area contributed by atoms with E-state index in [1.165, 1.54) is 6.07 Å². The van der Waals surface area contributed by atoms with Gasteiger partial charge in [-0.3, -0.25) is 0 Å². The van der Waals surface area contributed by atoms with Crippen LogP contribution >= 0.6 is 39.1 Å². The summed E-state index contributed by atoms with van der Waals surface area (Å²) in [7, 11) is 0. The van der Waals surface area contributed by atoms with Crippen molar-refractivity contribution >= 4 is 39.1 Å². The molecule has 0 saturated heterocycles. The largest absolute Gasteiger partial charge is 0.205 e. The molecule has 0 aliphatic rings. The molecule has 0 heterocycles. The van der Waals surface area contributed by atoms with Gasteiger partial charge in [-0.2, -0.15) is 0 Å². The number of rotatable bonds is 2. The Bertz CT molecular complexity index is 626. The highest BCUT2D eigenvalue weighted by Gasteiger charge is 2.15. The maximum absolute atomic E-state index is 13.2. The number of alkyl halides is 1. The van der Waals surface area contributed by atoms with Gasteiger partial charge in [0.05, 0.1) is 9.85 Å². The van der Waals surface area contributed by atoms with Gasteiger partial charge in [-0.15, -0.1) is 0 Å². The van der Waals surface area contributed by atoms with E-state index >= 15 is 0 Å². The molecule has 0 nitrogen and oxygen atoms in total. The van der Waals surface area contributed by atoms with E-state index < -0.39 is 5.82 Å². The number of hydrogen-bond donors (Lipinski definition) is 0. The van der Waals surface area contributed by atoms with E-state index in [0.717, 1.165) is 27.3 Å². The highest BCUT2D eigenvalue weighted by Crippen LogP contribution is 2.36. The maximum atomic E-state index is 13.2. The first-order valence-corrected chi connectivity index (χ1v) is 7.43. The second-order valence-corrected chi connectivity index (χ2v) is 6.22. The van der Waals surface area contributed by atoms with Crippen LogP contribution in [0.4, 0.5) is 4.39 Å². The van der Waals surface area contributed by atoms with E-state index in [0.29, 0.717) is 0 Å². The molecule has 0 bridgehead atoms. The molecule has 1 unspecified atom stereocenters. The third-order valence-electron chi connectivity index (χ3n) is 3.06. The quantitative estimate of drug-likeness (QED) is 0.556. The Hall–Kier alpha value is -0.570. The van der Waals surface area contributed by atoms with Crippen molar-refractivity contribution in [3.63, 3.8) is 0 Å². The third kappa shape index (κ3) is 3.13. The monoisotopic (exact) mass is 360 g/mol. The van der Waals surface area contributed by atoms with Gasteiger partial charge in [0.2, 0.25) is 0 Å². The Balaban J connectivity index is 2.46. The van der Waals surface area contributed by atoms with Crippen molar-refractivity contribution in [3.05, 3.63) is 68.4 Å². The van der Waals surface area contributed by atoms with Gasteiger partial charge in [0.15, 0.2) is 0 Å². The molecule has 0 aliphatic carbocycles. The van der Waals surface area contributed by atoms with Gasteiger partial charge in [-0.05, 0) is 54.3 Å². The second kappa shape index (κ2) is 5.82. The Morgan fingerprint density at radius 2 is 1.68 bits per heavy atom. The SMILES string of the molecule is Cc1cc(C(Br)c2ccc(F)c(Cl)c2)c(C)cc1Cl. The van der Waals surface area contributed by atoms with Crippen LogP contribution in [-0.2, 0) is 0 Å². The molecule has 0 aromatic heterocycles. The zero-order valence-corrected chi connectivity index (χ0v) is 13.6. The molecule has 100 valence electrons. The predicted octanol–water partition coefficient (Wildman–Crippen LogP) is 6.23. The van der Waals surface area contributed by atoms with Gasteiger partial charge >= 0.3 is 0 Å². The summed E-state index contributed by atoms with van der Waals surface area (Å²) in [5, 5.41) is 0.878. The molecule has 0 fully saturated rings. The van der Waals surface area contributed by atoms with E-state index in [2.05, 4.69) is 15.9 Å². The lowest BCUT2D eigenvalue weighted by Gasteiger charge is -2.16. The van der Waals surface area contributed by atoms with Crippen LogP contribution < -0.4 is 0 Å². The molecule has 0 radical (unpaired) electrons. The van der Waals surface area contributed by atoms with Crippen LogP contribution in [0.5, 0.6) is 0 Å². The van der Waals surface area contributed by atoms with Crippen LogP contribution in [0, 0.1) is 19.7 Å². The van der Waals surface area contributed by atoms with Crippen LogP contribution in [-0.4, -0.2) is 0 Å². The summed E-state index contributed by atoms with van der Waals surface area (Å²) in [4.78, 5) is -0.0402. The van der Waals surface area contributed by atoms with Gasteiger partial charge in [0, 0.05) is 5.02 Å². The molecular weight excluding hydrogens is 350 g/mol. The van der Waals surface area contributed by atoms with E-state index in [4.69, 9.17) is 23.2 Å². The fourth-order valence-electron chi connectivity index (χ4n) is 1.93. The molecule has 19 heavy (non-hydrogen) atoms. The van der Waals surface area contributed by atoms with Crippen LogP contribution in [0.3, 0.4) is 0 Å². The first kappa shape index (κ1) is 14.8. The van der Waals surface area contributed by atoms with Crippen LogP contribution in [0.25, 0.3) is 0 Å². The zero-order chi connectivity index (χ0) is 14.2. The van der Waals surface area contributed by atoms with Crippen LogP contribution in [0.1, 0.15) is 27.1 Å².